The zero-order valence-corrected chi connectivity index (χ0v) is 14.3. The van der Waals surface area contributed by atoms with Gasteiger partial charge < -0.3 is 4.90 Å². The van der Waals surface area contributed by atoms with E-state index in [4.69, 9.17) is 11.6 Å². The molecule has 0 unspecified atom stereocenters. The van der Waals surface area contributed by atoms with Crippen molar-refractivity contribution in [2.45, 2.75) is 6.54 Å². The molecule has 0 saturated heterocycles. The molecule has 0 aliphatic rings. The maximum Gasteiger partial charge on any atom is 0.249 e. The highest BCUT2D eigenvalue weighted by Crippen LogP contribution is 2.18. The van der Waals surface area contributed by atoms with Gasteiger partial charge in [0.05, 0.1) is 6.54 Å². The van der Waals surface area contributed by atoms with Crippen LogP contribution in [0.15, 0.2) is 61.2 Å². The van der Waals surface area contributed by atoms with Crippen molar-refractivity contribution in [3.8, 4) is 0 Å². The number of amides is 1. The van der Waals surface area contributed by atoms with E-state index in [2.05, 4.69) is 10.1 Å². The summed E-state index contributed by atoms with van der Waals surface area (Å²) in [4.78, 5) is 30.3. The zero-order chi connectivity index (χ0) is 18.5. The summed E-state index contributed by atoms with van der Waals surface area (Å²) in [5, 5.41) is 4.39. The van der Waals surface area contributed by atoms with Gasteiger partial charge in [-0.15, -0.1) is 0 Å². The number of hydrogen-bond acceptors (Lipinski definition) is 4. The molecule has 6 nitrogen and oxygen atoms in total. The summed E-state index contributed by atoms with van der Waals surface area (Å²) in [5.41, 5.74) is 0.696. The number of Topliss-reactive ketones (excluding diaryl/α,β-unsaturated/α-hetero) is 1. The third-order valence-corrected chi connectivity index (χ3v) is 3.90. The van der Waals surface area contributed by atoms with Gasteiger partial charge in [0.15, 0.2) is 5.78 Å². The number of benzene rings is 2. The number of nitrogens with zero attached hydrogens (tertiary/aromatic N) is 4. The van der Waals surface area contributed by atoms with Crippen molar-refractivity contribution in [3.05, 3.63) is 77.6 Å². The average molecular weight is 373 g/mol. The minimum atomic E-state index is -0.500. The van der Waals surface area contributed by atoms with E-state index >= 15 is 0 Å². The Labute approximate surface area is 153 Å². The maximum absolute atomic E-state index is 13.6. The molecule has 0 N–H and O–H groups in total. The van der Waals surface area contributed by atoms with Gasteiger partial charge in [-0.05, 0) is 42.5 Å². The second-order valence-electron chi connectivity index (χ2n) is 5.48. The van der Waals surface area contributed by atoms with Crippen molar-refractivity contribution in [3.63, 3.8) is 0 Å². The van der Waals surface area contributed by atoms with Crippen LogP contribution in [0.1, 0.15) is 10.4 Å². The molecule has 0 radical (unpaired) electrons. The molecular weight excluding hydrogens is 359 g/mol. The van der Waals surface area contributed by atoms with Crippen LogP contribution in [-0.4, -0.2) is 33.0 Å². The summed E-state index contributed by atoms with van der Waals surface area (Å²) >= 11 is 5.83. The molecule has 3 rings (SSSR count). The van der Waals surface area contributed by atoms with Crippen LogP contribution < -0.4 is 4.90 Å². The lowest BCUT2D eigenvalue weighted by Gasteiger charge is -2.22. The highest BCUT2D eigenvalue weighted by molar-refractivity contribution is 6.30. The van der Waals surface area contributed by atoms with Crippen LogP contribution in [0.5, 0.6) is 0 Å². The minimum absolute atomic E-state index is 0.121. The molecule has 8 heteroatoms. The van der Waals surface area contributed by atoms with E-state index in [9.17, 15) is 14.0 Å². The van der Waals surface area contributed by atoms with E-state index < -0.39 is 11.7 Å². The predicted octanol–water partition coefficient (Wildman–Crippen LogP) is 2.99. The second-order valence-corrected chi connectivity index (χ2v) is 5.92. The van der Waals surface area contributed by atoms with Crippen LogP contribution in [0, 0.1) is 5.82 Å². The van der Waals surface area contributed by atoms with Crippen LogP contribution in [-0.2, 0) is 11.3 Å². The standard InChI is InChI=1S/C18H14ClFN4O2/c19-14-6-4-13(5-7-14)17(25)9-24(16-3-1-2-15(20)8-16)18(26)10-23-12-21-11-22-23/h1-8,11-12H,9-10H2. The molecule has 0 bridgehead atoms. The Morgan fingerprint density at radius 3 is 2.58 bits per heavy atom. The average Bonchev–Trinajstić information content (AvgIpc) is 3.13. The quantitative estimate of drug-likeness (QED) is 0.624. The van der Waals surface area contributed by atoms with E-state index in [0.717, 1.165) is 0 Å². The molecule has 1 heterocycles. The fourth-order valence-corrected chi connectivity index (χ4v) is 2.50. The van der Waals surface area contributed by atoms with Crippen LogP contribution >= 0.6 is 11.6 Å². The van der Waals surface area contributed by atoms with Gasteiger partial charge >= 0.3 is 0 Å². The van der Waals surface area contributed by atoms with Gasteiger partial charge in [-0.1, -0.05) is 17.7 Å². The number of carbonyl (C=O) groups excluding carboxylic acids is 2. The SMILES string of the molecule is O=C(CN(C(=O)Cn1cncn1)c1cccc(F)c1)c1ccc(Cl)cc1. The first-order valence-electron chi connectivity index (χ1n) is 7.70. The molecule has 0 aliphatic heterocycles. The molecule has 0 spiro atoms. The Morgan fingerprint density at radius 1 is 1.15 bits per heavy atom. The van der Waals surface area contributed by atoms with Crippen LogP contribution in [0.4, 0.5) is 10.1 Å². The molecule has 2 aromatic carbocycles. The molecule has 0 saturated carbocycles. The summed E-state index contributed by atoms with van der Waals surface area (Å²) in [7, 11) is 0. The normalized spacial score (nSPS) is 10.5. The van der Waals surface area contributed by atoms with Crippen molar-refractivity contribution in [1.82, 2.24) is 14.8 Å². The lowest BCUT2D eigenvalue weighted by molar-refractivity contribution is -0.119. The Balaban J connectivity index is 1.85. The predicted molar refractivity (Wildman–Crippen MR) is 94.6 cm³/mol. The number of halogens is 2. The molecule has 0 fully saturated rings. The monoisotopic (exact) mass is 372 g/mol. The smallest absolute Gasteiger partial charge is 0.249 e. The van der Waals surface area contributed by atoms with Gasteiger partial charge in [-0.3, -0.25) is 9.59 Å². The fourth-order valence-electron chi connectivity index (χ4n) is 2.38. The fraction of sp³-hybridized carbons (Fsp3) is 0.111. The Morgan fingerprint density at radius 2 is 1.92 bits per heavy atom. The molecule has 132 valence electrons. The molecule has 0 aliphatic carbocycles. The van der Waals surface area contributed by atoms with Crippen LogP contribution in [0.2, 0.25) is 5.02 Å². The van der Waals surface area contributed by atoms with Gasteiger partial charge in [0, 0.05) is 16.3 Å². The number of aromatic nitrogens is 3. The third kappa shape index (κ3) is 4.31. The lowest BCUT2D eigenvalue weighted by atomic mass is 10.1. The summed E-state index contributed by atoms with van der Waals surface area (Å²) < 4.78 is 14.9. The molecular formula is C18H14ClFN4O2. The number of hydrogen-bond donors (Lipinski definition) is 0. The highest BCUT2D eigenvalue weighted by atomic mass is 35.5. The highest BCUT2D eigenvalue weighted by Gasteiger charge is 2.21. The first kappa shape index (κ1) is 17.8. The summed E-state index contributed by atoms with van der Waals surface area (Å²) in [6.45, 7) is -0.358. The Hall–Kier alpha value is -3.06. The molecule has 1 amide bonds. The zero-order valence-electron chi connectivity index (χ0n) is 13.5. The Kier molecular flexibility index (Phi) is 5.38. The number of rotatable bonds is 6. The third-order valence-electron chi connectivity index (χ3n) is 3.65. The summed E-state index contributed by atoms with van der Waals surface area (Å²) in [5.74, 6) is -1.21. The molecule has 1 aromatic heterocycles. The van der Waals surface area contributed by atoms with Gasteiger partial charge in [0.2, 0.25) is 5.91 Å². The van der Waals surface area contributed by atoms with Gasteiger partial charge in [0.25, 0.3) is 0 Å². The maximum atomic E-state index is 13.6. The molecule has 3 aromatic rings. The second kappa shape index (κ2) is 7.88. The van der Waals surface area contributed by atoms with Crippen LogP contribution in [0.3, 0.4) is 0 Å². The van der Waals surface area contributed by atoms with E-state index in [0.29, 0.717) is 10.6 Å². The Bertz CT molecular complexity index is 913. The van der Waals surface area contributed by atoms with E-state index in [1.54, 1.807) is 30.3 Å². The molecule has 26 heavy (non-hydrogen) atoms. The van der Waals surface area contributed by atoms with Crippen molar-refractivity contribution < 1.29 is 14.0 Å². The van der Waals surface area contributed by atoms with Gasteiger partial charge in [0.1, 0.15) is 25.0 Å². The number of anilines is 1. The number of ketones is 1. The van der Waals surface area contributed by atoms with Crippen LogP contribution in [0.25, 0.3) is 0 Å². The topological polar surface area (TPSA) is 68.1 Å². The van der Waals surface area contributed by atoms with Gasteiger partial charge in [-0.25, -0.2) is 14.1 Å². The first-order valence-corrected chi connectivity index (χ1v) is 8.08. The minimum Gasteiger partial charge on any atom is -0.303 e. The van der Waals surface area contributed by atoms with E-state index in [-0.39, 0.29) is 24.6 Å². The molecule has 0 atom stereocenters. The van der Waals surface area contributed by atoms with Crippen molar-refractivity contribution in [2.24, 2.45) is 0 Å². The summed E-state index contributed by atoms with van der Waals surface area (Å²) in [6.07, 6.45) is 2.70. The largest absolute Gasteiger partial charge is 0.303 e. The van der Waals surface area contributed by atoms with E-state index in [1.807, 2.05) is 0 Å². The first-order chi connectivity index (χ1) is 12.5. The van der Waals surface area contributed by atoms with Crippen molar-refractivity contribution >= 4 is 29.0 Å². The summed E-state index contributed by atoms with van der Waals surface area (Å²) in [6, 6.07) is 11.9. The van der Waals surface area contributed by atoms with Crippen molar-refractivity contribution in [2.75, 3.05) is 11.4 Å². The number of carbonyl (C=O) groups is 2. The lowest BCUT2D eigenvalue weighted by Crippen LogP contribution is -2.38. The van der Waals surface area contributed by atoms with Crippen molar-refractivity contribution in [1.29, 1.82) is 0 Å². The van der Waals surface area contributed by atoms with Gasteiger partial charge in [-0.2, -0.15) is 5.10 Å². The van der Waals surface area contributed by atoms with E-state index in [1.165, 1.54) is 40.4 Å².